The zero-order chi connectivity index (χ0) is 35.9. The van der Waals surface area contributed by atoms with Gasteiger partial charge in [-0.15, -0.1) is 0 Å². The molecule has 0 N–H and O–H groups in total. The highest BCUT2D eigenvalue weighted by atomic mass is 16.6. The van der Waals surface area contributed by atoms with Gasteiger partial charge in [0.1, 0.15) is 13.2 Å². The number of hydrogen-bond donors (Lipinski definition) is 0. The van der Waals surface area contributed by atoms with Crippen LogP contribution in [0.3, 0.4) is 0 Å². The van der Waals surface area contributed by atoms with Gasteiger partial charge in [-0.05, 0) is 32.1 Å². The summed E-state index contributed by atoms with van der Waals surface area (Å²) in [5.41, 5.74) is 0. The van der Waals surface area contributed by atoms with Crippen LogP contribution in [0.4, 0.5) is 0 Å². The van der Waals surface area contributed by atoms with Crippen LogP contribution in [-0.4, -0.2) is 37.2 Å². The lowest BCUT2D eigenvalue weighted by molar-refractivity contribution is -0.166. The molecule has 0 aromatic heterocycles. The first-order chi connectivity index (χ1) is 24.0. The molecular weight excluding hydrogens is 612 g/mol. The van der Waals surface area contributed by atoms with E-state index >= 15 is 0 Å². The van der Waals surface area contributed by atoms with Crippen molar-refractivity contribution in [2.45, 2.75) is 207 Å². The Kier molecular flexibility index (Phi) is 36.6. The third-order valence-corrected chi connectivity index (χ3v) is 8.69. The minimum atomic E-state index is -0.798. The zero-order valence-corrected chi connectivity index (χ0v) is 32.2. The molecule has 1 atom stereocenters. The quantitative estimate of drug-likeness (QED) is 0.0282. The van der Waals surface area contributed by atoms with Gasteiger partial charge in [0.2, 0.25) is 0 Å². The van der Waals surface area contributed by atoms with Crippen LogP contribution < -0.4 is 0 Å². The SMILES string of the molecule is CC/C=C\C/C=C\C/C=C\CC(=O)OCC(COC(=O)CCCCCCCCCCCCC)OC(=O)CCCCCCCCCCCCC. The zero-order valence-electron chi connectivity index (χ0n) is 32.2. The van der Waals surface area contributed by atoms with Crippen LogP contribution in [0.2, 0.25) is 0 Å². The molecule has 0 aliphatic heterocycles. The molecule has 1 unspecified atom stereocenters. The van der Waals surface area contributed by atoms with Crippen molar-refractivity contribution in [2.24, 2.45) is 0 Å². The molecule has 6 nitrogen and oxygen atoms in total. The summed E-state index contributed by atoms with van der Waals surface area (Å²) < 4.78 is 16.5. The molecule has 0 rings (SSSR count). The number of carbonyl (C=O) groups excluding carboxylic acids is 3. The number of rotatable bonds is 36. The fourth-order valence-corrected chi connectivity index (χ4v) is 5.62. The molecule has 0 bridgehead atoms. The molecule has 0 aliphatic carbocycles. The standard InChI is InChI=1S/C43H76O6/c1-4-7-10-13-16-19-21-24-27-30-33-36-42(45)48-39-40(38-47-41(44)35-32-29-26-23-18-15-12-9-6-3)49-43(46)37-34-31-28-25-22-20-17-14-11-8-5-2/h9,12,18,23,29,32,40H,4-8,10-11,13-17,19-22,24-28,30-31,33-39H2,1-3H3/b12-9-,23-18-,32-29-. The third kappa shape index (κ3) is 36.7. The van der Waals surface area contributed by atoms with E-state index in [2.05, 4.69) is 45.1 Å². The first-order valence-corrected chi connectivity index (χ1v) is 20.5. The monoisotopic (exact) mass is 689 g/mol. The predicted octanol–water partition coefficient (Wildman–Crippen LogP) is 12.6. The molecule has 49 heavy (non-hydrogen) atoms. The van der Waals surface area contributed by atoms with E-state index in [4.69, 9.17) is 14.2 Å². The van der Waals surface area contributed by atoms with Crippen molar-refractivity contribution in [1.82, 2.24) is 0 Å². The molecule has 0 saturated heterocycles. The lowest BCUT2D eigenvalue weighted by atomic mass is 10.1. The molecule has 0 heterocycles. The van der Waals surface area contributed by atoms with Crippen LogP contribution in [-0.2, 0) is 28.6 Å². The van der Waals surface area contributed by atoms with Crippen LogP contribution in [0.15, 0.2) is 36.5 Å². The molecule has 0 aliphatic rings. The summed E-state index contributed by atoms with van der Waals surface area (Å²) in [5, 5.41) is 0. The van der Waals surface area contributed by atoms with E-state index in [1.165, 1.54) is 103 Å². The summed E-state index contributed by atoms with van der Waals surface area (Å²) in [6.07, 6.45) is 41.6. The fraction of sp³-hybridized carbons (Fsp3) is 0.791. The lowest BCUT2D eigenvalue weighted by Gasteiger charge is -2.18. The number of ether oxygens (including phenoxy) is 3. The van der Waals surface area contributed by atoms with Gasteiger partial charge in [-0.2, -0.15) is 0 Å². The maximum atomic E-state index is 12.6. The van der Waals surface area contributed by atoms with Crippen molar-refractivity contribution in [1.29, 1.82) is 0 Å². The van der Waals surface area contributed by atoms with E-state index in [0.29, 0.717) is 12.8 Å². The average molecular weight is 689 g/mol. The summed E-state index contributed by atoms with van der Waals surface area (Å²) in [6, 6.07) is 0. The molecule has 0 saturated carbocycles. The normalized spacial score (nSPS) is 12.3. The van der Waals surface area contributed by atoms with Crippen molar-refractivity contribution in [2.75, 3.05) is 13.2 Å². The van der Waals surface area contributed by atoms with Crippen LogP contribution in [0, 0.1) is 0 Å². The Morgan fingerprint density at radius 2 is 0.796 bits per heavy atom. The first-order valence-electron chi connectivity index (χ1n) is 20.5. The topological polar surface area (TPSA) is 78.9 Å². The van der Waals surface area contributed by atoms with Gasteiger partial charge in [0.05, 0.1) is 6.42 Å². The summed E-state index contributed by atoms with van der Waals surface area (Å²) >= 11 is 0. The smallest absolute Gasteiger partial charge is 0.309 e. The van der Waals surface area contributed by atoms with Gasteiger partial charge in [-0.3, -0.25) is 14.4 Å². The maximum absolute atomic E-state index is 12.6. The Bertz CT molecular complexity index is 845. The minimum absolute atomic E-state index is 0.0960. The Morgan fingerprint density at radius 3 is 1.24 bits per heavy atom. The van der Waals surface area contributed by atoms with Crippen molar-refractivity contribution < 1.29 is 28.6 Å². The lowest BCUT2D eigenvalue weighted by Crippen LogP contribution is -2.30. The van der Waals surface area contributed by atoms with E-state index in [1.807, 2.05) is 6.08 Å². The summed E-state index contributed by atoms with van der Waals surface area (Å²) in [4.78, 5) is 37.4. The van der Waals surface area contributed by atoms with Crippen LogP contribution in [0.1, 0.15) is 201 Å². The molecule has 0 aromatic rings. The third-order valence-electron chi connectivity index (χ3n) is 8.69. The van der Waals surface area contributed by atoms with Crippen molar-refractivity contribution in [3.05, 3.63) is 36.5 Å². The number of allylic oxidation sites excluding steroid dienone is 5. The van der Waals surface area contributed by atoms with E-state index in [1.54, 1.807) is 6.08 Å². The molecular formula is C43H76O6. The number of hydrogen-bond acceptors (Lipinski definition) is 6. The van der Waals surface area contributed by atoms with Gasteiger partial charge in [-0.1, -0.05) is 186 Å². The van der Waals surface area contributed by atoms with E-state index in [-0.39, 0.29) is 31.6 Å². The second-order valence-electron chi connectivity index (χ2n) is 13.5. The Labute approximate surface area is 302 Å². The fourth-order valence-electron chi connectivity index (χ4n) is 5.62. The second kappa shape index (κ2) is 38.4. The van der Waals surface area contributed by atoms with Gasteiger partial charge in [0, 0.05) is 12.8 Å². The number of esters is 3. The van der Waals surface area contributed by atoms with Gasteiger partial charge >= 0.3 is 17.9 Å². The molecule has 6 heteroatoms. The highest BCUT2D eigenvalue weighted by Gasteiger charge is 2.19. The van der Waals surface area contributed by atoms with Crippen LogP contribution in [0.5, 0.6) is 0 Å². The molecule has 0 spiro atoms. The van der Waals surface area contributed by atoms with Gasteiger partial charge in [-0.25, -0.2) is 0 Å². The molecule has 0 amide bonds. The first kappa shape index (κ1) is 46.6. The Balaban J connectivity index is 4.44. The van der Waals surface area contributed by atoms with Gasteiger partial charge in [0.15, 0.2) is 6.10 Å². The van der Waals surface area contributed by atoms with E-state index in [9.17, 15) is 14.4 Å². The van der Waals surface area contributed by atoms with E-state index in [0.717, 1.165) is 57.8 Å². The second-order valence-corrected chi connectivity index (χ2v) is 13.5. The molecule has 0 radical (unpaired) electrons. The highest BCUT2D eigenvalue weighted by molar-refractivity contribution is 5.72. The number of carbonyl (C=O) groups is 3. The van der Waals surface area contributed by atoms with Crippen molar-refractivity contribution in [3.63, 3.8) is 0 Å². The van der Waals surface area contributed by atoms with Crippen molar-refractivity contribution in [3.8, 4) is 0 Å². The van der Waals surface area contributed by atoms with Gasteiger partial charge < -0.3 is 14.2 Å². The maximum Gasteiger partial charge on any atom is 0.309 e. The molecule has 284 valence electrons. The highest BCUT2D eigenvalue weighted by Crippen LogP contribution is 2.14. The Morgan fingerprint density at radius 1 is 0.429 bits per heavy atom. The van der Waals surface area contributed by atoms with Crippen LogP contribution in [0.25, 0.3) is 0 Å². The minimum Gasteiger partial charge on any atom is -0.462 e. The van der Waals surface area contributed by atoms with Gasteiger partial charge in [0.25, 0.3) is 0 Å². The Hall–Kier alpha value is -2.37. The average Bonchev–Trinajstić information content (AvgIpc) is 3.10. The largest absolute Gasteiger partial charge is 0.462 e. The van der Waals surface area contributed by atoms with Crippen LogP contribution >= 0.6 is 0 Å². The predicted molar refractivity (Wildman–Crippen MR) is 206 cm³/mol. The number of unbranched alkanes of at least 4 members (excludes halogenated alkanes) is 20. The summed E-state index contributed by atoms with van der Waals surface area (Å²) in [6.45, 7) is 6.39. The summed E-state index contributed by atoms with van der Waals surface area (Å²) in [7, 11) is 0. The molecule has 0 aromatic carbocycles. The van der Waals surface area contributed by atoms with E-state index < -0.39 is 12.1 Å². The van der Waals surface area contributed by atoms with Crippen molar-refractivity contribution >= 4 is 17.9 Å². The summed E-state index contributed by atoms with van der Waals surface area (Å²) in [5.74, 6) is -1.03. The molecule has 0 fully saturated rings.